The van der Waals surface area contributed by atoms with E-state index in [1.165, 1.54) is 16.9 Å². The maximum absolute atomic E-state index is 9.50. The molecule has 5 heteroatoms. The first-order valence-electron chi connectivity index (χ1n) is 8.19. The number of thiophene rings is 1. The van der Waals surface area contributed by atoms with Gasteiger partial charge in [-0.2, -0.15) is 5.26 Å². The average Bonchev–Trinajstić information content (AvgIpc) is 3.24. The molecule has 0 N–H and O–H groups in total. The molecule has 0 aliphatic heterocycles. The Hall–Kier alpha value is -2.16. The van der Waals surface area contributed by atoms with Crippen LogP contribution in [0.15, 0.2) is 50.3 Å². The maximum Gasteiger partial charge on any atom is 0.145 e. The fourth-order valence-corrected chi connectivity index (χ4v) is 4.77. The van der Waals surface area contributed by atoms with Crippen molar-refractivity contribution in [1.82, 2.24) is 0 Å². The maximum atomic E-state index is 9.50. The van der Waals surface area contributed by atoms with Crippen molar-refractivity contribution < 1.29 is 4.42 Å². The molecule has 1 aliphatic rings. The Labute approximate surface area is 158 Å². The third-order valence-electron chi connectivity index (χ3n) is 4.34. The van der Waals surface area contributed by atoms with Gasteiger partial charge in [-0.3, -0.25) is 0 Å². The summed E-state index contributed by atoms with van der Waals surface area (Å²) in [6, 6.07) is 14.1. The van der Waals surface area contributed by atoms with Crippen molar-refractivity contribution in [2.24, 2.45) is 4.99 Å². The minimum atomic E-state index is 0.681. The van der Waals surface area contributed by atoms with E-state index in [0.29, 0.717) is 5.76 Å². The molecule has 2 heterocycles. The smallest absolute Gasteiger partial charge is 0.145 e. The largest absolute Gasteiger partial charge is 0.455 e. The van der Waals surface area contributed by atoms with Gasteiger partial charge in [-0.05, 0) is 49.4 Å². The van der Waals surface area contributed by atoms with Crippen LogP contribution >= 0.6 is 27.3 Å². The number of hydrogen-bond donors (Lipinski definition) is 0. The Morgan fingerprint density at radius 3 is 2.84 bits per heavy atom. The fraction of sp³-hybridized carbons (Fsp3) is 0.200. The molecule has 0 bridgehead atoms. The number of fused-ring (bicyclic) bond motifs is 1. The molecule has 1 aromatic carbocycles. The summed E-state index contributed by atoms with van der Waals surface area (Å²) >= 11 is 5.18. The van der Waals surface area contributed by atoms with Crippen molar-refractivity contribution in [3.05, 3.63) is 62.6 Å². The second-order valence-corrected chi connectivity index (χ2v) is 7.88. The number of aryl methyl sites for hydroxylation is 1. The van der Waals surface area contributed by atoms with E-state index in [0.717, 1.165) is 45.6 Å². The van der Waals surface area contributed by atoms with Gasteiger partial charge in [0.15, 0.2) is 0 Å². The summed E-state index contributed by atoms with van der Waals surface area (Å²) in [5.74, 6) is 1.47. The molecule has 0 amide bonds. The highest BCUT2D eigenvalue weighted by molar-refractivity contribution is 9.10. The monoisotopic (exact) mass is 410 g/mol. The highest BCUT2D eigenvalue weighted by atomic mass is 79.9. The molecule has 0 unspecified atom stereocenters. The Morgan fingerprint density at radius 1 is 1.16 bits per heavy atom. The van der Waals surface area contributed by atoms with Crippen molar-refractivity contribution in [3.8, 4) is 17.4 Å². The van der Waals surface area contributed by atoms with E-state index in [4.69, 9.17) is 4.42 Å². The van der Waals surface area contributed by atoms with Gasteiger partial charge in [-0.25, -0.2) is 4.99 Å². The SMILES string of the molecule is N#Cc1c(N=Cc2ccc(-c3ccccc3Br)o2)sc2c1CCCC2. The van der Waals surface area contributed by atoms with Crippen molar-refractivity contribution in [3.63, 3.8) is 0 Å². The number of aliphatic imine (C=N–C) groups is 1. The predicted octanol–water partition coefficient (Wildman–Crippen LogP) is 6.27. The Bertz CT molecular complexity index is 994. The second kappa shape index (κ2) is 6.99. The van der Waals surface area contributed by atoms with Gasteiger partial charge in [0.2, 0.25) is 0 Å². The second-order valence-electron chi connectivity index (χ2n) is 5.94. The molecule has 3 aromatic rings. The molecule has 2 aromatic heterocycles. The molecular formula is C20H15BrN2OS. The number of benzene rings is 1. The van der Waals surface area contributed by atoms with Crippen LogP contribution in [0.4, 0.5) is 5.00 Å². The summed E-state index contributed by atoms with van der Waals surface area (Å²) in [5.41, 5.74) is 2.96. The van der Waals surface area contributed by atoms with Crippen LogP contribution in [-0.4, -0.2) is 6.21 Å². The summed E-state index contributed by atoms with van der Waals surface area (Å²) in [6.07, 6.45) is 6.14. The van der Waals surface area contributed by atoms with Gasteiger partial charge < -0.3 is 4.42 Å². The summed E-state index contributed by atoms with van der Waals surface area (Å²) < 4.78 is 6.88. The summed E-state index contributed by atoms with van der Waals surface area (Å²) in [6.45, 7) is 0. The van der Waals surface area contributed by atoms with Crippen LogP contribution in [0.25, 0.3) is 11.3 Å². The van der Waals surface area contributed by atoms with Crippen LogP contribution < -0.4 is 0 Å². The van der Waals surface area contributed by atoms with Crippen LogP contribution in [-0.2, 0) is 12.8 Å². The zero-order valence-electron chi connectivity index (χ0n) is 13.5. The first-order valence-corrected chi connectivity index (χ1v) is 9.80. The van der Waals surface area contributed by atoms with Crippen LogP contribution in [0.1, 0.15) is 34.6 Å². The Balaban J connectivity index is 1.63. The average molecular weight is 411 g/mol. The molecule has 0 saturated heterocycles. The van der Waals surface area contributed by atoms with Crippen molar-refractivity contribution in [1.29, 1.82) is 5.26 Å². The summed E-state index contributed by atoms with van der Waals surface area (Å²) in [5, 5.41) is 10.3. The zero-order valence-corrected chi connectivity index (χ0v) is 15.9. The third kappa shape index (κ3) is 3.20. The van der Waals surface area contributed by atoms with Gasteiger partial charge in [0.25, 0.3) is 0 Å². The number of nitriles is 1. The van der Waals surface area contributed by atoms with Gasteiger partial charge in [0.1, 0.15) is 22.6 Å². The molecule has 0 fully saturated rings. The van der Waals surface area contributed by atoms with Crippen LogP contribution in [0.3, 0.4) is 0 Å². The fourth-order valence-electron chi connectivity index (χ4n) is 3.11. The predicted molar refractivity (Wildman–Crippen MR) is 105 cm³/mol. The number of rotatable bonds is 3. The Morgan fingerprint density at radius 2 is 2.00 bits per heavy atom. The number of furan rings is 1. The minimum Gasteiger partial charge on any atom is -0.455 e. The van der Waals surface area contributed by atoms with Crippen LogP contribution in [0.5, 0.6) is 0 Å². The van der Waals surface area contributed by atoms with Crippen molar-refractivity contribution in [2.45, 2.75) is 25.7 Å². The van der Waals surface area contributed by atoms with Gasteiger partial charge in [-0.1, -0.05) is 34.1 Å². The zero-order chi connectivity index (χ0) is 17.2. The van der Waals surface area contributed by atoms with Gasteiger partial charge >= 0.3 is 0 Å². The van der Waals surface area contributed by atoms with Crippen LogP contribution in [0, 0.1) is 11.3 Å². The lowest BCUT2D eigenvalue weighted by molar-refractivity contribution is 0.575. The lowest BCUT2D eigenvalue weighted by Gasteiger charge is -2.09. The standard InChI is InChI=1S/C20H15BrN2OS/c21-17-7-3-1-6-15(17)18-10-9-13(24-18)12-23-20-16(11-22)14-5-2-4-8-19(14)25-20/h1,3,6-7,9-10,12H,2,4-5,8H2. The number of hydrogen-bond acceptors (Lipinski definition) is 4. The lowest BCUT2D eigenvalue weighted by Crippen LogP contribution is -1.99. The molecule has 0 spiro atoms. The van der Waals surface area contributed by atoms with Gasteiger partial charge in [0.05, 0.1) is 11.8 Å². The van der Waals surface area contributed by atoms with Gasteiger partial charge in [0, 0.05) is 14.9 Å². The topological polar surface area (TPSA) is 49.3 Å². The lowest BCUT2D eigenvalue weighted by atomic mass is 9.96. The number of halogens is 1. The van der Waals surface area contributed by atoms with E-state index >= 15 is 0 Å². The first kappa shape index (κ1) is 16.3. The van der Waals surface area contributed by atoms with Crippen molar-refractivity contribution in [2.75, 3.05) is 0 Å². The molecule has 0 radical (unpaired) electrons. The third-order valence-corrected chi connectivity index (χ3v) is 6.23. The molecule has 1 aliphatic carbocycles. The number of nitrogens with zero attached hydrogens (tertiary/aromatic N) is 2. The molecule has 3 nitrogen and oxygen atoms in total. The molecule has 4 rings (SSSR count). The summed E-state index contributed by atoms with van der Waals surface area (Å²) in [7, 11) is 0. The Kier molecular flexibility index (Phi) is 4.56. The molecule has 25 heavy (non-hydrogen) atoms. The van der Waals surface area contributed by atoms with Crippen LogP contribution in [0.2, 0.25) is 0 Å². The van der Waals surface area contributed by atoms with E-state index in [-0.39, 0.29) is 0 Å². The van der Waals surface area contributed by atoms with Gasteiger partial charge in [-0.15, -0.1) is 11.3 Å². The van der Waals surface area contributed by atoms with E-state index < -0.39 is 0 Å². The summed E-state index contributed by atoms with van der Waals surface area (Å²) in [4.78, 5) is 5.87. The molecule has 0 saturated carbocycles. The van der Waals surface area contributed by atoms with E-state index in [1.807, 2.05) is 36.4 Å². The highest BCUT2D eigenvalue weighted by Crippen LogP contribution is 2.39. The van der Waals surface area contributed by atoms with Crippen molar-refractivity contribution >= 4 is 38.5 Å². The first-order chi connectivity index (χ1) is 12.3. The normalized spacial score (nSPS) is 13.8. The van der Waals surface area contributed by atoms with E-state index in [9.17, 15) is 5.26 Å². The minimum absolute atomic E-state index is 0.681. The molecular weight excluding hydrogens is 396 g/mol. The quantitative estimate of drug-likeness (QED) is 0.477. The van der Waals surface area contributed by atoms with E-state index in [2.05, 4.69) is 27.0 Å². The van der Waals surface area contributed by atoms with E-state index in [1.54, 1.807) is 17.6 Å². The highest BCUT2D eigenvalue weighted by Gasteiger charge is 2.20. The molecule has 0 atom stereocenters. The molecule has 124 valence electrons.